The molecule has 0 fully saturated rings. The number of anilines is 1. The second-order valence-electron chi connectivity index (χ2n) is 6.53. The number of aryl methyl sites for hydroxylation is 2. The Bertz CT molecular complexity index is 984. The molecule has 0 aliphatic carbocycles. The molecule has 0 bridgehead atoms. The Morgan fingerprint density at radius 1 is 1.04 bits per heavy atom. The summed E-state index contributed by atoms with van der Waals surface area (Å²) in [6.45, 7) is 4.45. The van der Waals surface area contributed by atoms with Gasteiger partial charge in [0.1, 0.15) is 6.61 Å². The Hall–Kier alpha value is -2.54. The van der Waals surface area contributed by atoms with E-state index in [-0.39, 0.29) is 5.91 Å². The molecule has 0 heterocycles. The van der Waals surface area contributed by atoms with Crippen LogP contribution < -0.4 is 14.8 Å². The van der Waals surface area contributed by atoms with Crippen molar-refractivity contribution in [1.82, 2.24) is 0 Å². The van der Waals surface area contributed by atoms with Crippen molar-refractivity contribution < 1.29 is 14.3 Å². The summed E-state index contributed by atoms with van der Waals surface area (Å²) in [7, 11) is 1.58. The van der Waals surface area contributed by atoms with Crippen LogP contribution >= 0.6 is 22.6 Å². The second kappa shape index (κ2) is 9.10. The van der Waals surface area contributed by atoms with Gasteiger partial charge < -0.3 is 14.8 Å². The first-order valence-electron chi connectivity index (χ1n) is 8.91. The molecule has 3 aromatic rings. The molecule has 0 aromatic heterocycles. The van der Waals surface area contributed by atoms with Crippen LogP contribution in [0, 0.1) is 17.4 Å². The van der Waals surface area contributed by atoms with Gasteiger partial charge in [-0.2, -0.15) is 0 Å². The molecule has 0 saturated carbocycles. The fourth-order valence-corrected chi connectivity index (χ4v) is 3.50. The van der Waals surface area contributed by atoms with Crippen LogP contribution in [0.4, 0.5) is 5.69 Å². The third-order valence-electron chi connectivity index (χ3n) is 4.39. The lowest BCUT2D eigenvalue weighted by molar-refractivity contribution is 0.102. The van der Waals surface area contributed by atoms with Crippen molar-refractivity contribution in [2.24, 2.45) is 0 Å². The number of hydrogen-bond acceptors (Lipinski definition) is 3. The van der Waals surface area contributed by atoms with Gasteiger partial charge in [0.2, 0.25) is 0 Å². The molecule has 0 aliphatic rings. The van der Waals surface area contributed by atoms with E-state index in [1.54, 1.807) is 19.2 Å². The highest BCUT2D eigenvalue weighted by Gasteiger charge is 2.16. The molecular weight excluding hydrogens is 465 g/mol. The van der Waals surface area contributed by atoms with Gasteiger partial charge >= 0.3 is 0 Å². The van der Waals surface area contributed by atoms with E-state index in [1.165, 1.54) is 5.56 Å². The van der Waals surface area contributed by atoms with Crippen molar-refractivity contribution in [3.05, 3.63) is 86.5 Å². The van der Waals surface area contributed by atoms with E-state index in [4.69, 9.17) is 9.47 Å². The third kappa shape index (κ3) is 4.84. The molecule has 1 amide bonds. The van der Waals surface area contributed by atoms with Gasteiger partial charge in [-0.1, -0.05) is 48.0 Å². The van der Waals surface area contributed by atoms with Crippen LogP contribution in [-0.4, -0.2) is 13.0 Å². The Morgan fingerprint density at radius 3 is 2.43 bits per heavy atom. The topological polar surface area (TPSA) is 47.6 Å². The van der Waals surface area contributed by atoms with Gasteiger partial charge in [-0.3, -0.25) is 4.79 Å². The average Bonchev–Trinajstić information content (AvgIpc) is 2.69. The summed E-state index contributed by atoms with van der Waals surface area (Å²) in [6, 6.07) is 19.4. The summed E-state index contributed by atoms with van der Waals surface area (Å²) in [6.07, 6.45) is 0. The summed E-state index contributed by atoms with van der Waals surface area (Å²) in [5.41, 5.74) is 4.61. The predicted molar refractivity (Wildman–Crippen MR) is 120 cm³/mol. The summed E-state index contributed by atoms with van der Waals surface area (Å²) in [4.78, 5) is 12.7. The second-order valence-corrected chi connectivity index (χ2v) is 7.69. The standard InChI is InChI=1S/C23H22INO3/c1-15-8-10-17(11-9-15)14-28-22-19(24)12-18(13-21(22)27-3)23(26)25-20-7-5-4-6-16(20)2/h4-13H,14H2,1-3H3,(H,25,26). The number of carbonyl (C=O) groups is 1. The lowest BCUT2D eigenvalue weighted by Crippen LogP contribution is -2.13. The predicted octanol–water partition coefficient (Wildman–Crippen LogP) is 5.75. The zero-order valence-electron chi connectivity index (χ0n) is 16.1. The molecule has 0 radical (unpaired) electrons. The zero-order chi connectivity index (χ0) is 20.1. The smallest absolute Gasteiger partial charge is 0.255 e. The van der Waals surface area contributed by atoms with Crippen LogP contribution in [0.1, 0.15) is 27.0 Å². The molecular formula is C23H22INO3. The highest BCUT2D eigenvalue weighted by atomic mass is 127. The summed E-state index contributed by atoms with van der Waals surface area (Å²) < 4.78 is 12.3. The number of benzene rings is 3. The van der Waals surface area contributed by atoms with Gasteiger partial charge in [0.25, 0.3) is 5.91 Å². The SMILES string of the molecule is COc1cc(C(=O)Nc2ccccc2C)cc(I)c1OCc1ccc(C)cc1. The molecule has 0 aliphatic heterocycles. The Labute approximate surface area is 179 Å². The number of para-hydroxylation sites is 1. The molecule has 3 aromatic carbocycles. The number of halogens is 1. The Balaban J connectivity index is 1.79. The minimum atomic E-state index is -0.185. The van der Waals surface area contributed by atoms with E-state index >= 15 is 0 Å². The molecule has 4 nitrogen and oxygen atoms in total. The van der Waals surface area contributed by atoms with E-state index in [0.29, 0.717) is 23.7 Å². The number of methoxy groups -OCH3 is 1. The third-order valence-corrected chi connectivity index (χ3v) is 5.19. The molecule has 5 heteroatoms. The van der Waals surface area contributed by atoms with E-state index in [2.05, 4.69) is 47.0 Å². The molecule has 0 spiro atoms. The highest BCUT2D eigenvalue weighted by molar-refractivity contribution is 14.1. The monoisotopic (exact) mass is 487 g/mol. The lowest BCUT2D eigenvalue weighted by Gasteiger charge is -2.15. The van der Waals surface area contributed by atoms with Crippen molar-refractivity contribution >= 4 is 34.2 Å². The number of carbonyl (C=O) groups excluding carboxylic acids is 1. The molecule has 0 atom stereocenters. The van der Waals surface area contributed by atoms with Crippen LogP contribution in [0.5, 0.6) is 11.5 Å². The fraction of sp³-hybridized carbons (Fsp3) is 0.174. The number of ether oxygens (including phenoxy) is 2. The van der Waals surface area contributed by atoms with Gasteiger partial charge in [-0.25, -0.2) is 0 Å². The maximum atomic E-state index is 12.7. The first-order valence-corrected chi connectivity index (χ1v) is 9.98. The van der Waals surface area contributed by atoms with Crippen molar-refractivity contribution in [1.29, 1.82) is 0 Å². The number of rotatable bonds is 6. The lowest BCUT2D eigenvalue weighted by atomic mass is 10.1. The van der Waals surface area contributed by atoms with Crippen molar-refractivity contribution in [2.45, 2.75) is 20.5 Å². The molecule has 1 N–H and O–H groups in total. The maximum Gasteiger partial charge on any atom is 0.255 e. The zero-order valence-corrected chi connectivity index (χ0v) is 18.2. The quantitative estimate of drug-likeness (QED) is 0.451. The van der Waals surface area contributed by atoms with Crippen LogP contribution in [0.25, 0.3) is 0 Å². The minimum Gasteiger partial charge on any atom is -0.493 e. The molecule has 28 heavy (non-hydrogen) atoms. The average molecular weight is 487 g/mol. The molecule has 3 rings (SSSR count). The van der Waals surface area contributed by atoms with E-state index in [0.717, 1.165) is 20.4 Å². The first-order chi connectivity index (χ1) is 13.5. The normalized spacial score (nSPS) is 10.4. The fourth-order valence-electron chi connectivity index (χ4n) is 2.74. The maximum absolute atomic E-state index is 12.7. The number of nitrogens with one attached hydrogen (secondary N) is 1. The van der Waals surface area contributed by atoms with E-state index in [1.807, 2.05) is 43.3 Å². The number of hydrogen-bond donors (Lipinski definition) is 1. The first kappa shape index (κ1) is 20.2. The van der Waals surface area contributed by atoms with Crippen LogP contribution in [0.2, 0.25) is 0 Å². The summed E-state index contributed by atoms with van der Waals surface area (Å²) >= 11 is 2.17. The van der Waals surface area contributed by atoms with Gasteiger partial charge in [-0.05, 0) is 65.8 Å². The van der Waals surface area contributed by atoms with Crippen molar-refractivity contribution in [2.75, 3.05) is 12.4 Å². The van der Waals surface area contributed by atoms with Crippen LogP contribution in [-0.2, 0) is 6.61 Å². The van der Waals surface area contributed by atoms with Gasteiger partial charge in [0.15, 0.2) is 11.5 Å². The van der Waals surface area contributed by atoms with E-state index in [9.17, 15) is 4.79 Å². The highest BCUT2D eigenvalue weighted by Crippen LogP contribution is 2.35. The summed E-state index contributed by atoms with van der Waals surface area (Å²) in [5.74, 6) is 0.987. The summed E-state index contributed by atoms with van der Waals surface area (Å²) in [5, 5.41) is 2.95. The van der Waals surface area contributed by atoms with Crippen molar-refractivity contribution in [3.63, 3.8) is 0 Å². The largest absolute Gasteiger partial charge is 0.493 e. The number of amides is 1. The van der Waals surface area contributed by atoms with Crippen LogP contribution in [0.3, 0.4) is 0 Å². The molecule has 0 saturated heterocycles. The Kier molecular flexibility index (Phi) is 6.57. The van der Waals surface area contributed by atoms with Gasteiger partial charge in [0.05, 0.1) is 10.7 Å². The minimum absolute atomic E-state index is 0.185. The Morgan fingerprint density at radius 2 is 1.75 bits per heavy atom. The van der Waals surface area contributed by atoms with E-state index < -0.39 is 0 Å². The van der Waals surface area contributed by atoms with Crippen LogP contribution in [0.15, 0.2) is 60.7 Å². The van der Waals surface area contributed by atoms with Gasteiger partial charge in [0, 0.05) is 11.3 Å². The molecule has 144 valence electrons. The van der Waals surface area contributed by atoms with Gasteiger partial charge in [-0.15, -0.1) is 0 Å². The van der Waals surface area contributed by atoms with Crippen molar-refractivity contribution in [3.8, 4) is 11.5 Å². The molecule has 0 unspecified atom stereocenters.